The second kappa shape index (κ2) is 6.19. The van der Waals surface area contributed by atoms with Crippen molar-refractivity contribution in [1.29, 1.82) is 0 Å². The van der Waals surface area contributed by atoms with E-state index in [0.29, 0.717) is 5.92 Å². The molecule has 0 saturated carbocycles. The fraction of sp³-hybridized carbons (Fsp3) is 0.462. The Morgan fingerprint density at radius 2 is 2.30 bits per heavy atom. The molecule has 1 fully saturated rings. The van der Waals surface area contributed by atoms with E-state index in [4.69, 9.17) is 11.6 Å². The Labute approximate surface area is 121 Å². The summed E-state index contributed by atoms with van der Waals surface area (Å²) >= 11 is 5.94. The number of amides is 1. The molecule has 20 heavy (non-hydrogen) atoms. The van der Waals surface area contributed by atoms with Crippen molar-refractivity contribution in [3.8, 4) is 0 Å². The van der Waals surface area contributed by atoms with Crippen LogP contribution in [0.5, 0.6) is 0 Å². The van der Waals surface area contributed by atoms with E-state index in [9.17, 15) is 14.9 Å². The largest absolute Gasteiger partial charge is 0.348 e. The molecular formula is C13H16ClN3O3. The molecule has 1 aromatic rings. The maximum atomic E-state index is 12.2. The van der Waals surface area contributed by atoms with Crippen LogP contribution in [0.1, 0.15) is 23.7 Å². The summed E-state index contributed by atoms with van der Waals surface area (Å²) in [4.78, 5) is 22.3. The number of rotatable bonds is 3. The van der Waals surface area contributed by atoms with Crippen LogP contribution in [0.3, 0.4) is 0 Å². The summed E-state index contributed by atoms with van der Waals surface area (Å²) in [6, 6.07) is 3.90. The normalized spacial score (nSPS) is 22.3. The van der Waals surface area contributed by atoms with Gasteiger partial charge in [-0.1, -0.05) is 18.5 Å². The highest BCUT2D eigenvalue weighted by Gasteiger charge is 2.24. The predicted octanol–water partition coefficient (Wildman–Crippen LogP) is 1.98. The molecule has 0 bridgehead atoms. The first-order valence-electron chi connectivity index (χ1n) is 6.44. The second-order valence-corrected chi connectivity index (χ2v) is 5.38. The van der Waals surface area contributed by atoms with Crippen LogP contribution >= 0.6 is 11.6 Å². The summed E-state index contributed by atoms with van der Waals surface area (Å²) in [5.74, 6) is 0.0856. The van der Waals surface area contributed by atoms with Gasteiger partial charge in [-0.2, -0.15) is 0 Å². The highest BCUT2D eigenvalue weighted by Crippen LogP contribution is 2.23. The fourth-order valence-corrected chi connectivity index (χ4v) is 2.49. The molecule has 2 N–H and O–H groups in total. The number of halogens is 1. The summed E-state index contributed by atoms with van der Waals surface area (Å²) in [6.07, 6.45) is 0.999. The van der Waals surface area contributed by atoms with E-state index < -0.39 is 4.92 Å². The highest BCUT2D eigenvalue weighted by molar-refractivity contribution is 6.34. The van der Waals surface area contributed by atoms with Gasteiger partial charge in [-0.3, -0.25) is 14.9 Å². The number of carbonyl (C=O) groups is 1. The number of carbonyl (C=O) groups excluding carboxylic acids is 1. The van der Waals surface area contributed by atoms with E-state index in [0.717, 1.165) is 19.5 Å². The molecule has 2 rings (SSSR count). The van der Waals surface area contributed by atoms with Crippen molar-refractivity contribution in [1.82, 2.24) is 10.6 Å². The van der Waals surface area contributed by atoms with Gasteiger partial charge in [0.05, 0.1) is 15.5 Å². The number of benzene rings is 1. The molecule has 2 unspecified atom stereocenters. The molecule has 1 amide bonds. The Balaban J connectivity index is 2.11. The molecule has 7 heteroatoms. The lowest BCUT2D eigenvalue weighted by Crippen LogP contribution is -2.50. The maximum Gasteiger partial charge on any atom is 0.270 e. The van der Waals surface area contributed by atoms with Gasteiger partial charge in [-0.05, 0) is 24.9 Å². The number of nitrogens with zero attached hydrogens (tertiary/aromatic N) is 1. The third kappa shape index (κ3) is 3.26. The van der Waals surface area contributed by atoms with Gasteiger partial charge >= 0.3 is 0 Å². The smallest absolute Gasteiger partial charge is 0.270 e. The minimum absolute atomic E-state index is 0.0440. The summed E-state index contributed by atoms with van der Waals surface area (Å²) in [7, 11) is 0. The molecule has 1 aliphatic rings. The SMILES string of the molecule is CC1CCNCC1NC(=O)c1ccc([N+](=O)[O-])cc1Cl. The number of nitro benzene ring substituents is 1. The molecular weight excluding hydrogens is 282 g/mol. The predicted molar refractivity (Wildman–Crippen MR) is 76.0 cm³/mol. The fourth-order valence-electron chi connectivity index (χ4n) is 2.23. The van der Waals surface area contributed by atoms with E-state index in [2.05, 4.69) is 17.6 Å². The Morgan fingerprint density at radius 3 is 2.90 bits per heavy atom. The molecule has 1 saturated heterocycles. The van der Waals surface area contributed by atoms with Crippen LogP contribution in [0.25, 0.3) is 0 Å². The molecule has 1 aromatic carbocycles. The van der Waals surface area contributed by atoms with Gasteiger partial charge in [0.1, 0.15) is 0 Å². The topological polar surface area (TPSA) is 84.3 Å². The van der Waals surface area contributed by atoms with Crippen molar-refractivity contribution in [3.63, 3.8) is 0 Å². The molecule has 108 valence electrons. The number of hydrogen-bond donors (Lipinski definition) is 2. The van der Waals surface area contributed by atoms with Gasteiger partial charge in [-0.25, -0.2) is 0 Å². The summed E-state index contributed by atoms with van der Waals surface area (Å²) in [5, 5.41) is 16.9. The van der Waals surface area contributed by atoms with Gasteiger partial charge in [0, 0.05) is 24.7 Å². The molecule has 0 spiro atoms. The van der Waals surface area contributed by atoms with E-state index in [-0.39, 0.29) is 28.2 Å². The van der Waals surface area contributed by atoms with Crippen LogP contribution < -0.4 is 10.6 Å². The van der Waals surface area contributed by atoms with Crippen molar-refractivity contribution in [3.05, 3.63) is 38.9 Å². The van der Waals surface area contributed by atoms with Crippen LogP contribution in [-0.4, -0.2) is 30.0 Å². The van der Waals surface area contributed by atoms with Gasteiger partial charge in [0.25, 0.3) is 11.6 Å². The first kappa shape index (κ1) is 14.7. The summed E-state index contributed by atoms with van der Waals surface area (Å²) in [5.41, 5.74) is 0.134. The van der Waals surface area contributed by atoms with Crippen LogP contribution in [0.4, 0.5) is 5.69 Å². The zero-order valence-electron chi connectivity index (χ0n) is 11.1. The third-order valence-electron chi connectivity index (χ3n) is 3.55. The van der Waals surface area contributed by atoms with E-state index in [1.54, 1.807) is 0 Å². The molecule has 0 aromatic heterocycles. The molecule has 2 atom stereocenters. The molecule has 0 radical (unpaired) electrons. The zero-order chi connectivity index (χ0) is 14.7. The average molecular weight is 298 g/mol. The van der Waals surface area contributed by atoms with Crippen LogP contribution in [-0.2, 0) is 0 Å². The standard InChI is InChI=1S/C13H16ClN3O3/c1-8-4-5-15-7-12(8)16-13(18)10-3-2-9(17(19)20)6-11(10)14/h2-3,6,8,12,15H,4-5,7H2,1H3,(H,16,18). The maximum absolute atomic E-state index is 12.2. The first-order valence-corrected chi connectivity index (χ1v) is 6.82. The minimum atomic E-state index is -0.541. The summed E-state index contributed by atoms with van der Waals surface area (Å²) in [6.45, 7) is 3.76. The first-order chi connectivity index (χ1) is 9.49. The van der Waals surface area contributed by atoms with Crippen molar-refractivity contribution in [2.75, 3.05) is 13.1 Å². The summed E-state index contributed by atoms with van der Waals surface area (Å²) < 4.78 is 0. The quantitative estimate of drug-likeness (QED) is 0.660. The van der Waals surface area contributed by atoms with E-state index in [1.165, 1.54) is 18.2 Å². The lowest BCUT2D eigenvalue weighted by atomic mass is 9.94. The molecule has 1 heterocycles. The van der Waals surface area contributed by atoms with Gasteiger partial charge < -0.3 is 10.6 Å². The molecule has 6 nitrogen and oxygen atoms in total. The van der Waals surface area contributed by atoms with E-state index >= 15 is 0 Å². The molecule has 1 aliphatic heterocycles. The van der Waals surface area contributed by atoms with Crippen LogP contribution in [0, 0.1) is 16.0 Å². The van der Waals surface area contributed by atoms with Crippen molar-refractivity contribution in [2.45, 2.75) is 19.4 Å². The Hall–Kier alpha value is -1.66. The number of non-ortho nitro benzene ring substituents is 1. The van der Waals surface area contributed by atoms with Gasteiger partial charge in [0.2, 0.25) is 0 Å². The van der Waals surface area contributed by atoms with Gasteiger partial charge in [0.15, 0.2) is 0 Å². The Kier molecular flexibility index (Phi) is 4.57. The zero-order valence-corrected chi connectivity index (χ0v) is 11.8. The number of nitrogens with one attached hydrogen (secondary N) is 2. The number of hydrogen-bond acceptors (Lipinski definition) is 4. The average Bonchev–Trinajstić information content (AvgIpc) is 2.41. The van der Waals surface area contributed by atoms with Crippen molar-refractivity contribution in [2.24, 2.45) is 5.92 Å². The Bertz CT molecular complexity index is 536. The van der Waals surface area contributed by atoms with Gasteiger partial charge in [-0.15, -0.1) is 0 Å². The van der Waals surface area contributed by atoms with E-state index in [1.807, 2.05) is 0 Å². The Morgan fingerprint density at radius 1 is 1.55 bits per heavy atom. The second-order valence-electron chi connectivity index (χ2n) is 4.97. The minimum Gasteiger partial charge on any atom is -0.348 e. The lowest BCUT2D eigenvalue weighted by molar-refractivity contribution is -0.384. The van der Waals surface area contributed by atoms with Crippen molar-refractivity contribution >= 4 is 23.2 Å². The monoisotopic (exact) mass is 297 g/mol. The highest BCUT2D eigenvalue weighted by atomic mass is 35.5. The number of nitro groups is 1. The van der Waals surface area contributed by atoms with Crippen molar-refractivity contribution < 1.29 is 9.72 Å². The third-order valence-corrected chi connectivity index (χ3v) is 3.86. The van der Waals surface area contributed by atoms with Crippen LogP contribution in [0.15, 0.2) is 18.2 Å². The molecule has 0 aliphatic carbocycles. The van der Waals surface area contributed by atoms with Crippen LogP contribution in [0.2, 0.25) is 5.02 Å². The lowest BCUT2D eigenvalue weighted by Gasteiger charge is -2.30. The number of piperidine rings is 1.